The Morgan fingerprint density at radius 2 is 1.88 bits per heavy atom. The van der Waals surface area contributed by atoms with Crippen LogP contribution in [0.15, 0.2) is 24.4 Å². The molecule has 174 valence electrons. The number of aromatic nitrogens is 2. The van der Waals surface area contributed by atoms with E-state index in [4.69, 9.17) is 4.74 Å². The van der Waals surface area contributed by atoms with E-state index in [1.807, 2.05) is 6.07 Å². The maximum atomic E-state index is 14.2. The number of hydrogen-bond acceptors (Lipinski definition) is 4. The van der Waals surface area contributed by atoms with Crippen molar-refractivity contribution >= 4 is 5.91 Å². The van der Waals surface area contributed by atoms with Crippen LogP contribution in [-0.4, -0.2) is 58.0 Å². The molecule has 0 spiro atoms. The van der Waals surface area contributed by atoms with E-state index in [1.165, 1.54) is 0 Å². The molecule has 6 nitrogen and oxygen atoms in total. The molecule has 1 amide bonds. The van der Waals surface area contributed by atoms with Gasteiger partial charge in [0.1, 0.15) is 12.4 Å². The van der Waals surface area contributed by atoms with Gasteiger partial charge in [-0.2, -0.15) is 5.10 Å². The smallest absolute Gasteiger partial charge is 0.248 e. The Bertz CT molecular complexity index is 917. The molecule has 0 bridgehead atoms. The third kappa shape index (κ3) is 4.68. The molecule has 2 aliphatic rings. The Balaban J connectivity index is 1.40. The molecule has 2 heterocycles. The summed E-state index contributed by atoms with van der Waals surface area (Å²) in [5.41, 5.74) is 0.754. The van der Waals surface area contributed by atoms with Crippen molar-refractivity contribution in [1.29, 1.82) is 0 Å². The minimum Gasteiger partial charge on any atom is -0.387 e. The zero-order chi connectivity index (χ0) is 22.7. The Labute approximate surface area is 184 Å². The fourth-order valence-electron chi connectivity index (χ4n) is 5.17. The lowest BCUT2D eigenvalue weighted by atomic mass is 9.82. The number of amides is 1. The van der Waals surface area contributed by atoms with Crippen molar-refractivity contribution in [3.63, 3.8) is 0 Å². The zero-order valence-corrected chi connectivity index (χ0v) is 17.8. The van der Waals surface area contributed by atoms with Crippen LogP contribution in [0.3, 0.4) is 0 Å². The van der Waals surface area contributed by atoms with Crippen LogP contribution in [0.25, 0.3) is 0 Å². The van der Waals surface area contributed by atoms with Gasteiger partial charge in [0.05, 0.1) is 18.8 Å². The molecule has 1 saturated heterocycles. The quantitative estimate of drug-likeness (QED) is 0.658. The normalized spacial score (nSPS) is 26.3. The van der Waals surface area contributed by atoms with Crippen molar-refractivity contribution in [1.82, 2.24) is 15.1 Å². The number of hydrogen-bond donors (Lipinski definition) is 2. The third-order valence-electron chi connectivity index (χ3n) is 6.82. The second-order valence-corrected chi connectivity index (χ2v) is 8.64. The molecule has 2 atom stereocenters. The van der Waals surface area contributed by atoms with Crippen LogP contribution in [0.2, 0.25) is 0 Å². The summed E-state index contributed by atoms with van der Waals surface area (Å²) in [5.74, 6) is -3.54. The topological polar surface area (TPSA) is 78.5 Å². The number of carbonyl (C=O) groups excluding carboxylic acids is 1. The highest BCUT2D eigenvalue weighted by molar-refractivity contribution is 5.77. The number of piperidine rings is 1. The fraction of sp³-hybridized carbons (Fsp3) is 0.565. The first-order valence-corrected chi connectivity index (χ1v) is 11.1. The fourth-order valence-corrected chi connectivity index (χ4v) is 5.17. The molecule has 1 aliphatic heterocycles. The molecule has 1 aromatic carbocycles. The first kappa shape index (κ1) is 22.8. The van der Waals surface area contributed by atoms with Gasteiger partial charge < -0.3 is 14.7 Å². The van der Waals surface area contributed by atoms with Crippen molar-refractivity contribution in [2.75, 3.05) is 19.8 Å². The van der Waals surface area contributed by atoms with Crippen LogP contribution < -0.4 is 0 Å². The van der Waals surface area contributed by atoms with E-state index >= 15 is 0 Å². The van der Waals surface area contributed by atoms with Gasteiger partial charge in [0.25, 0.3) is 0 Å². The Hall–Kier alpha value is -2.39. The maximum Gasteiger partial charge on any atom is 0.248 e. The van der Waals surface area contributed by atoms with E-state index < -0.39 is 24.1 Å². The summed E-state index contributed by atoms with van der Waals surface area (Å²) >= 11 is 0. The summed E-state index contributed by atoms with van der Waals surface area (Å²) in [5, 5.41) is 16.4. The first-order valence-electron chi connectivity index (χ1n) is 11.1. The van der Waals surface area contributed by atoms with E-state index in [2.05, 4.69) is 10.2 Å². The zero-order valence-electron chi connectivity index (χ0n) is 17.8. The van der Waals surface area contributed by atoms with Crippen LogP contribution in [0.1, 0.15) is 61.6 Å². The summed E-state index contributed by atoms with van der Waals surface area (Å²) in [6.07, 6.45) is 5.43. The molecule has 2 aromatic rings. The molecule has 2 unspecified atom stereocenters. The van der Waals surface area contributed by atoms with Crippen LogP contribution in [0.4, 0.5) is 13.2 Å². The highest BCUT2D eigenvalue weighted by Crippen LogP contribution is 2.38. The average molecular weight is 451 g/mol. The second kappa shape index (κ2) is 10.0. The van der Waals surface area contributed by atoms with Gasteiger partial charge in [-0.05, 0) is 62.6 Å². The van der Waals surface area contributed by atoms with E-state index in [1.54, 1.807) is 11.1 Å². The van der Waals surface area contributed by atoms with Gasteiger partial charge in [0.2, 0.25) is 5.91 Å². The van der Waals surface area contributed by atoms with Crippen LogP contribution in [-0.2, 0) is 9.53 Å². The van der Waals surface area contributed by atoms with Crippen LogP contribution in [0, 0.1) is 17.5 Å². The average Bonchev–Trinajstić information content (AvgIpc) is 3.35. The number of nitrogens with one attached hydrogen (secondary N) is 1. The molecular weight excluding hydrogens is 423 g/mol. The van der Waals surface area contributed by atoms with Gasteiger partial charge in [-0.15, -0.1) is 0 Å². The minimum absolute atomic E-state index is 0.0218. The number of benzene rings is 1. The highest BCUT2D eigenvalue weighted by atomic mass is 19.2. The number of aliphatic hydroxyl groups excluding tert-OH is 1. The number of carbonyl (C=O) groups is 1. The summed E-state index contributed by atoms with van der Waals surface area (Å²) in [6.45, 7) is 0.304. The molecule has 0 radical (unpaired) electrons. The number of rotatable bonds is 6. The molecule has 2 fully saturated rings. The summed E-state index contributed by atoms with van der Waals surface area (Å²) < 4.78 is 48.0. The van der Waals surface area contributed by atoms with Gasteiger partial charge in [0, 0.05) is 29.9 Å². The van der Waals surface area contributed by atoms with Crippen molar-refractivity contribution in [2.45, 2.75) is 62.5 Å². The standard InChI is InChI=1S/C23H28F3N3O3/c24-17-7-8-18(25)23(26)22(17)14-3-5-15(6-4-14)32-13-20-16(19-9-10-27-28-19)2-1-11-29(20)21(31)12-30/h7-10,14-16,20,30H,1-6,11-13H2,(H,27,28)/t14-,15+,16?,20?. The van der Waals surface area contributed by atoms with E-state index in [0.717, 1.165) is 30.7 Å². The number of aliphatic hydroxyl groups is 1. The Morgan fingerprint density at radius 3 is 2.56 bits per heavy atom. The Kier molecular flexibility index (Phi) is 7.15. The van der Waals surface area contributed by atoms with Crippen molar-refractivity contribution in [3.8, 4) is 0 Å². The van der Waals surface area contributed by atoms with Crippen molar-refractivity contribution < 1.29 is 27.8 Å². The molecule has 32 heavy (non-hydrogen) atoms. The number of halogens is 3. The molecule has 1 saturated carbocycles. The maximum absolute atomic E-state index is 14.2. The predicted octanol–water partition coefficient (Wildman–Crippen LogP) is 3.64. The minimum atomic E-state index is -1.10. The summed E-state index contributed by atoms with van der Waals surface area (Å²) in [7, 11) is 0. The molecule has 1 aliphatic carbocycles. The first-order chi connectivity index (χ1) is 15.5. The number of likely N-dealkylation sites (tertiary alicyclic amines) is 1. The van der Waals surface area contributed by atoms with Crippen molar-refractivity contribution in [2.24, 2.45) is 0 Å². The largest absolute Gasteiger partial charge is 0.387 e. The van der Waals surface area contributed by atoms with Gasteiger partial charge in [-0.1, -0.05) is 0 Å². The van der Waals surface area contributed by atoms with Crippen molar-refractivity contribution in [3.05, 3.63) is 53.1 Å². The third-order valence-corrected chi connectivity index (χ3v) is 6.82. The van der Waals surface area contributed by atoms with Gasteiger partial charge >= 0.3 is 0 Å². The molecule has 2 N–H and O–H groups in total. The number of nitrogens with zero attached hydrogens (tertiary/aromatic N) is 2. The lowest BCUT2D eigenvalue weighted by molar-refractivity contribution is -0.141. The number of ether oxygens (including phenoxy) is 1. The molecular formula is C23H28F3N3O3. The van der Waals surface area contributed by atoms with E-state index in [-0.39, 0.29) is 35.5 Å². The number of H-pyrrole nitrogens is 1. The lowest BCUT2D eigenvalue weighted by Crippen LogP contribution is -2.51. The van der Waals surface area contributed by atoms with Gasteiger partial charge in [-0.3, -0.25) is 9.89 Å². The lowest BCUT2D eigenvalue weighted by Gasteiger charge is -2.41. The van der Waals surface area contributed by atoms with Crippen LogP contribution >= 0.6 is 0 Å². The highest BCUT2D eigenvalue weighted by Gasteiger charge is 2.37. The molecule has 9 heteroatoms. The van der Waals surface area contributed by atoms with E-state index in [0.29, 0.717) is 38.8 Å². The number of aromatic amines is 1. The Morgan fingerprint density at radius 1 is 1.12 bits per heavy atom. The van der Waals surface area contributed by atoms with Gasteiger partial charge in [0.15, 0.2) is 11.6 Å². The molecule has 4 rings (SSSR count). The monoisotopic (exact) mass is 451 g/mol. The SMILES string of the molecule is O=C(CO)N1CCCC(c2ccn[nH]2)C1CO[C@H]1CC[C@@H](c2c(F)ccc(F)c2F)CC1. The van der Waals surface area contributed by atoms with Crippen LogP contribution in [0.5, 0.6) is 0 Å². The summed E-state index contributed by atoms with van der Waals surface area (Å²) in [4.78, 5) is 14.0. The predicted molar refractivity (Wildman–Crippen MR) is 110 cm³/mol. The van der Waals surface area contributed by atoms with E-state index in [9.17, 15) is 23.1 Å². The molecule has 1 aromatic heterocycles. The summed E-state index contributed by atoms with van der Waals surface area (Å²) in [6, 6.07) is 3.43. The van der Waals surface area contributed by atoms with Gasteiger partial charge in [-0.25, -0.2) is 13.2 Å². The second-order valence-electron chi connectivity index (χ2n) is 8.64.